The Kier molecular flexibility index (Phi) is 6.03. The molecular formula is C18H26N4O4. The zero-order valence-corrected chi connectivity index (χ0v) is 15.0. The highest BCUT2D eigenvalue weighted by atomic mass is 16.6. The van der Waals surface area contributed by atoms with Crippen molar-refractivity contribution in [3.8, 4) is 0 Å². The molecule has 0 aliphatic carbocycles. The Labute approximate surface area is 152 Å². The van der Waals surface area contributed by atoms with Gasteiger partial charge in [0.25, 0.3) is 11.2 Å². The highest BCUT2D eigenvalue weighted by Gasteiger charge is 2.29. The lowest BCUT2D eigenvalue weighted by Gasteiger charge is -2.34. The summed E-state index contributed by atoms with van der Waals surface area (Å²) in [7, 11) is 0. The molecule has 2 fully saturated rings. The molecular weight excluding hydrogens is 336 g/mol. The van der Waals surface area contributed by atoms with Gasteiger partial charge in [-0.25, -0.2) is 0 Å². The zero-order valence-electron chi connectivity index (χ0n) is 15.0. The Bertz CT molecular complexity index is 701. The van der Waals surface area contributed by atoms with E-state index in [2.05, 4.69) is 4.90 Å². The Morgan fingerprint density at radius 2 is 1.73 bits per heavy atom. The largest absolute Gasteiger partial charge is 0.342 e. The minimum absolute atomic E-state index is 0.0613. The van der Waals surface area contributed by atoms with Crippen LogP contribution in [-0.4, -0.2) is 51.4 Å². The summed E-state index contributed by atoms with van der Waals surface area (Å²) in [4.78, 5) is 39.1. The second kappa shape index (κ2) is 8.44. The number of aromatic nitrogens is 1. The average Bonchev–Trinajstić information content (AvgIpc) is 2.93. The molecule has 2 saturated heterocycles. The zero-order chi connectivity index (χ0) is 18.5. The van der Waals surface area contributed by atoms with Gasteiger partial charge in [-0.15, -0.1) is 0 Å². The second-order valence-corrected chi connectivity index (χ2v) is 7.23. The molecule has 26 heavy (non-hydrogen) atoms. The molecule has 0 N–H and O–H groups in total. The quantitative estimate of drug-likeness (QED) is 0.602. The SMILES string of the molecule is O=C(C1CCN(Cn2cc([N+](=O)[O-])ccc2=O)CC1)N1CCCCCC1. The Balaban J connectivity index is 1.55. The molecule has 2 aliphatic rings. The van der Waals surface area contributed by atoms with Crippen LogP contribution in [0.15, 0.2) is 23.1 Å². The van der Waals surface area contributed by atoms with Crippen LogP contribution in [0, 0.1) is 16.0 Å². The summed E-state index contributed by atoms with van der Waals surface area (Å²) in [5, 5.41) is 10.9. The maximum Gasteiger partial charge on any atom is 0.285 e. The van der Waals surface area contributed by atoms with Crippen LogP contribution in [0.25, 0.3) is 0 Å². The van der Waals surface area contributed by atoms with Crippen molar-refractivity contribution in [3.05, 3.63) is 38.8 Å². The molecule has 0 unspecified atom stereocenters. The number of rotatable bonds is 4. The predicted molar refractivity (Wildman–Crippen MR) is 96.7 cm³/mol. The first-order valence-electron chi connectivity index (χ1n) is 9.40. The fourth-order valence-electron chi connectivity index (χ4n) is 3.82. The summed E-state index contributed by atoms with van der Waals surface area (Å²) in [5.74, 6) is 0.338. The number of nitrogens with zero attached hydrogens (tertiary/aromatic N) is 4. The van der Waals surface area contributed by atoms with Crippen LogP contribution in [0.5, 0.6) is 0 Å². The van der Waals surface area contributed by atoms with Crippen LogP contribution in [-0.2, 0) is 11.5 Å². The van der Waals surface area contributed by atoms with Gasteiger partial charge in [-0.3, -0.25) is 29.2 Å². The number of likely N-dealkylation sites (tertiary alicyclic amines) is 2. The summed E-state index contributed by atoms with van der Waals surface area (Å²) >= 11 is 0. The number of hydrogen-bond donors (Lipinski definition) is 0. The van der Waals surface area contributed by atoms with E-state index in [9.17, 15) is 19.7 Å². The molecule has 0 radical (unpaired) electrons. The highest BCUT2D eigenvalue weighted by Crippen LogP contribution is 2.22. The van der Waals surface area contributed by atoms with Crippen molar-refractivity contribution in [1.29, 1.82) is 0 Å². The van der Waals surface area contributed by atoms with Crippen molar-refractivity contribution < 1.29 is 9.72 Å². The number of carbonyl (C=O) groups is 1. The van der Waals surface area contributed by atoms with Gasteiger partial charge in [-0.1, -0.05) is 12.8 Å². The molecule has 3 heterocycles. The van der Waals surface area contributed by atoms with Gasteiger partial charge in [0, 0.05) is 44.2 Å². The van der Waals surface area contributed by atoms with Gasteiger partial charge < -0.3 is 4.90 Å². The third kappa shape index (κ3) is 4.49. The smallest absolute Gasteiger partial charge is 0.285 e. The van der Waals surface area contributed by atoms with E-state index >= 15 is 0 Å². The van der Waals surface area contributed by atoms with E-state index in [0.29, 0.717) is 6.67 Å². The van der Waals surface area contributed by atoms with Crippen molar-refractivity contribution >= 4 is 11.6 Å². The Morgan fingerprint density at radius 1 is 1.08 bits per heavy atom. The molecule has 1 amide bonds. The van der Waals surface area contributed by atoms with Gasteiger partial charge in [0.05, 0.1) is 17.8 Å². The molecule has 2 aliphatic heterocycles. The number of carbonyl (C=O) groups excluding carboxylic acids is 1. The van der Waals surface area contributed by atoms with Crippen molar-refractivity contribution in [3.63, 3.8) is 0 Å². The Morgan fingerprint density at radius 3 is 2.35 bits per heavy atom. The summed E-state index contributed by atoms with van der Waals surface area (Å²) in [5.41, 5.74) is -0.339. The minimum Gasteiger partial charge on any atom is -0.342 e. The first-order valence-corrected chi connectivity index (χ1v) is 9.40. The lowest BCUT2D eigenvalue weighted by Crippen LogP contribution is -2.44. The van der Waals surface area contributed by atoms with E-state index in [0.717, 1.165) is 51.9 Å². The van der Waals surface area contributed by atoms with Crippen LogP contribution in [0.2, 0.25) is 0 Å². The van der Waals surface area contributed by atoms with Crippen molar-refractivity contribution in [2.45, 2.75) is 45.2 Å². The third-order valence-electron chi connectivity index (χ3n) is 5.39. The van der Waals surface area contributed by atoms with Gasteiger partial charge >= 0.3 is 0 Å². The van der Waals surface area contributed by atoms with E-state index in [-0.39, 0.29) is 23.1 Å². The third-order valence-corrected chi connectivity index (χ3v) is 5.39. The average molecular weight is 362 g/mol. The van der Waals surface area contributed by atoms with Crippen molar-refractivity contribution in [1.82, 2.24) is 14.4 Å². The molecule has 0 aromatic carbocycles. The predicted octanol–water partition coefficient (Wildman–Crippen LogP) is 1.83. The molecule has 1 aromatic rings. The van der Waals surface area contributed by atoms with Gasteiger partial charge in [0.15, 0.2) is 0 Å². The summed E-state index contributed by atoms with van der Waals surface area (Å²) in [6.07, 6.45) is 7.45. The molecule has 0 spiro atoms. The van der Waals surface area contributed by atoms with Gasteiger partial charge in [0.1, 0.15) is 0 Å². The molecule has 142 valence electrons. The monoisotopic (exact) mass is 362 g/mol. The molecule has 0 bridgehead atoms. The topological polar surface area (TPSA) is 88.7 Å². The number of amides is 1. The molecule has 8 heteroatoms. The summed E-state index contributed by atoms with van der Waals surface area (Å²) < 4.78 is 1.37. The second-order valence-electron chi connectivity index (χ2n) is 7.23. The number of hydrogen-bond acceptors (Lipinski definition) is 5. The van der Waals surface area contributed by atoms with Crippen LogP contribution in [0.1, 0.15) is 38.5 Å². The van der Waals surface area contributed by atoms with E-state index in [4.69, 9.17) is 0 Å². The fraction of sp³-hybridized carbons (Fsp3) is 0.667. The van der Waals surface area contributed by atoms with E-state index in [1.165, 1.54) is 35.7 Å². The van der Waals surface area contributed by atoms with Crippen LogP contribution >= 0.6 is 0 Å². The van der Waals surface area contributed by atoms with E-state index in [1.54, 1.807) is 0 Å². The molecule has 3 rings (SSSR count). The maximum absolute atomic E-state index is 12.7. The molecule has 1 aromatic heterocycles. The van der Waals surface area contributed by atoms with Crippen molar-refractivity contribution in [2.75, 3.05) is 26.2 Å². The maximum atomic E-state index is 12.7. The van der Waals surface area contributed by atoms with Crippen LogP contribution in [0.4, 0.5) is 5.69 Å². The molecule has 0 saturated carbocycles. The van der Waals surface area contributed by atoms with Crippen LogP contribution < -0.4 is 5.56 Å². The standard InChI is InChI=1S/C18H26N4O4/c23-17-6-5-16(22(25)26)13-21(17)14-19-11-7-15(8-12-19)18(24)20-9-3-1-2-4-10-20/h5-6,13,15H,1-4,7-12,14H2. The summed E-state index contributed by atoms with van der Waals surface area (Å²) in [6, 6.07) is 2.46. The molecule has 0 atom stereocenters. The Hall–Kier alpha value is -2.22. The van der Waals surface area contributed by atoms with Gasteiger partial charge in [-0.05, 0) is 25.7 Å². The van der Waals surface area contributed by atoms with Crippen molar-refractivity contribution in [2.24, 2.45) is 5.92 Å². The van der Waals surface area contributed by atoms with E-state index < -0.39 is 4.92 Å². The van der Waals surface area contributed by atoms with Gasteiger partial charge in [-0.2, -0.15) is 0 Å². The van der Waals surface area contributed by atoms with E-state index in [1.807, 2.05) is 4.90 Å². The normalized spacial score (nSPS) is 19.9. The highest BCUT2D eigenvalue weighted by molar-refractivity contribution is 5.79. The number of nitro groups is 1. The number of piperidine rings is 1. The lowest BCUT2D eigenvalue weighted by molar-refractivity contribution is -0.385. The first-order chi connectivity index (χ1) is 12.5. The summed E-state index contributed by atoms with van der Waals surface area (Å²) in [6.45, 7) is 3.52. The van der Waals surface area contributed by atoms with Gasteiger partial charge in [0.2, 0.25) is 5.91 Å². The number of pyridine rings is 1. The van der Waals surface area contributed by atoms with Crippen LogP contribution in [0.3, 0.4) is 0 Å². The minimum atomic E-state index is -0.498. The molecule has 8 nitrogen and oxygen atoms in total. The fourth-order valence-corrected chi connectivity index (χ4v) is 3.82. The lowest BCUT2D eigenvalue weighted by atomic mass is 9.95. The first kappa shape index (κ1) is 18.6.